The van der Waals surface area contributed by atoms with E-state index in [1.165, 1.54) is 7.11 Å². The molecule has 1 rings (SSSR count). The molecule has 6 nitrogen and oxygen atoms in total. The third-order valence-corrected chi connectivity index (χ3v) is 2.84. The van der Waals surface area contributed by atoms with Gasteiger partial charge in [0.2, 0.25) is 0 Å². The van der Waals surface area contributed by atoms with Crippen LogP contribution < -0.4 is 5.32 Å². The van der Waals surface area contributed by atoms with Crippen molar-refractivity contribution in [3.63, 3.8) is 0 Å². The molecule has 1 atom stereocenters. The summed E-state index contributed by atoms with van der Waals surface area (Å²) >= 11 is 0. The molecular weight excluding hydrogens is 246 g/mol. The van der Waals surface area contributed by atoms with E-state index in [-0.39, 0.29) is 23.8 Å². The second-order valence-corrected chi connectivity index (χ2v) is 5.37. The van der Waals surface area contributed by atoms with Crippen molar-refractivity contribution in [2.45, 2.75) is 33.2 Å². The van der Waals surface area contributed by atoms with E-state index in [1.54, 1.807) is 12.1 Å². The van der Waals surface area contributed by atoms with Crippen molar-refractivity contribution in [2.75, 3.05) is 19.0 Å². The summed E-state index contributed by atoms with van der Waals surface area (Å²) in [4.78, 5) is 11.2. The number of esters is 1. The average Bonchev–Trinajstić information content (AvgIpc) is 2.37. The second-order valence-electron chi connectivity index (χ2n) is 5.37. The number of aromatic nitrogens is 2. The van der Waals surface area contributed by atoms with Crippen LogP contribution in [0, 0.1) is 5.41 Å². The summed E-state index contributed by atoms with van der Waals surface area (Å²) in [5.41, 5.74) is 0.147. The fourth-order valence-corrected chi connectivity index (χ4v) is 1.65. The molecule has 0 aromatic carbocycles. The van der Waals surface area contributed by atoms with Crippen LogP contribution in [0.3, 0.4) is 0 Å². The van der Waals surface area contributed by atoms with Crippen molar-refractivity contribution in [1.82, 2.24) is 10.2 Å². The molecule has 1 aromatic heterocycles. The van der Waals surface area contributed by atoms with Gasteiger partial charge in [0.05, 0.1) is 7.11 Å². The molecule has 0 aliphatic rings. The Balaban J connectivity index is 2.78. The van der Waals surface area contributed by atoms with Crippen LogP contribution in [0.4, 0.5) is 5.82 Å². The summed E-state index contributed by atoms with van der Waals surface area (Å²) in [6, 6.07) is 3.30. The Morgan fingerprint density at radius 1 is 1.42 bits per heavy atom. The lowest BCUT2D eigenvalue weighted by molar-refractivity contribution is 0.0592. The van der Waals surface area contributed by atoms with Gasteiger partial charge in [-0.1, -0.05) is 20.8 Å². The highest BCUT2D eigenvalue weighted by Gasteiger charge is 2.24. The van der Waals surface area contributed by atoms with Gasteiger partial charge in [0.25, 0.3) is 0 Å². The summed E-state index contributed by atoms with van der Waals surface area (Å²) in [7, 11) is 1.30. The third-order valence-electron chi connectivity index (χ3n) is 2.84. The first-order valence-electron chi connectivity index (χ1n) is 6.18. The number of ether oxygens (including phenoxy) is 1. The van der Waals surface area contributed by atoms with Gasteiger partial charge in [0.1, 0.15) is 5.82 Å². The molecule has 1 aromatic rings. The topological polar surface area (TPSA) is 84.3 Å². The lowest BCUT2D eigenvalue weighted by Crippen LogP contribution is -2.35. The van der Waals surface area contributed by atoms with E-state index in [4.69, 9.17) is 5.11 Å². The van der Waals surface area contributed by atoms with Gasteiger partial charge in [-0.3, -0.25) is 0 Å². The summed E-state index contributed by atoms with van der Waals surface area (Å²) in [5.74, 6) is 0.0582. The molecular formula is C13H21N3O3. The number of carbonyl (C=O) groups is 1. The Labute approximate surface area is 113 Å². The number of rotatable bonds is 5. The zero-order valence-electron chi connectivity index (χ0n) is 11.8. The maximum atomic E-state index is 11.2. The fraction of sp³-hybridized carbons (Fsp3) is 0.615. The number of nitrogens with one attached hydrogen (secondary N) is 1. The zero-order valence-corrected chi connectivity index (χ0v) is 11.8. The molecule has 0 radical (unpaired) electrons. The minimum atomic E-state index is -0.512. The van der Waals surface area contributed by atoms with Crippen LogP contribution in [0.25, 0.3) is 0 Å². The van der Waals surface area contributed by atoms with E-state index in [0.29, 0.717) is 12.2 Å². The van der Waals surface area contributed by atoms with Gasteiger partial charge in [-0.05, 0) is 24.0 Å². The van der Waals surface area contributed by atoms with Gasteiger partial charge in [0, 0.05) is 12.6 Å². The van der Waals surface area contributed by atoms with Gasteiger partial charge < -0.3 is 15.2 Å². The molecule has 0 aliphatic carbocycles. The Kier molecular flexibility index (Phi) is 5.23. The number of carbonyl (C=O) groups excluding carboxylic acids is 1. The third kappa shape index (κ3) is 4.48. The van der Waals surface area contributed by atoms with Crippen molar-refractivity contribution in [3.05, 3.63) is 17.8 Å². The molecule has 0 fully saturated rings. The largest absolute Gasteiger partial charge is 0.464 e. The summed E-state index contributed by atoms with van der Waals surface area (Å²) in [6.45, 7) is 6.34. The highest BCUT2D eigenvalue weighted by atomic mass is 16.5. The quantitative estimate of drug-likeness (QED) is 0.786. The Hall–Kier alpha value is -1.69. The van der Waals surface area contributed by atoms with Gasteiger partial charge in [-0.25, -0.2) is 4.79 Å². The van der Waals surface area contributed by atoms with E-state index in [9.17, 15) is 4.79 Å². The minimum absolute atomic E-state index is 0.0224. The predicted molar refractivity (Wildman–Crippen MR) is 71.9 cm³/mol. The van der Waals surface area contributed by atoms with E-state index >= 15 is 0 Å². The number of nitrogens with zero attached hydrogens (tertiary/aromatic N) is 2. The number of aliphatic hydroxyl groups excluding tert-OH is 1. The molecule has 0 aliphatic heterocycles. The minimum Gasteiger partial charge on any atom is -0.464 e. The van der Waals surface area contributed by atoms with E-state index in [2.05, 4.69) is 41.0 Å². The number of aliphatic hydroxyl groups is 1. The monoisotopic (exact) mass is 267 g/mol. The molecule has 1 heterocycles. The number of hydrogen-bond acceptors (Lipinski definition) is 6. The molecule has 0 spiro atoms. The molecule has 6 heteroatoms. The summed E-state index contributed by atoms with van der Waals surface area (Å²) < 4.78 is 4.56. The predicted octanol–water partition coefficient (Wildman–Crippen LogP) is 1.47. The Morgan fingerprint density at radius 2 is 2.11 bits per heavy atom. The first-order valence-corrected chi connectivity index (χ1v) is 6.18. The second kappa shape index (κ2) is 6.47. The number of hydrogen-bond donors (Lipinski definition) is 2. The molecule has 0 saturated heterocycles. The van der Waals surface area contributed by atoms with Gasteiger partial charge in [0.15, 0.2) is 5.69 Å². The van der Waals surface area contributed by atoms with Gasteiger partial charge in [-0.2, -0.15) is 0 Å². The number of anilines is 1. The first kappa shape index (κ1) is 15.4. The van der Waals surface area contributed by atoms with E-state index < -0.39 is 5.97 Å². The Bertz CT molecular complexity index is 412. The van der Waals surface area contributed by atoms with Crippen molar-refractivity contribution in [2.24, 2.45) is 5.41 Å². The summed E-state index contributed by atoms with van der Waals surface area (Å²) in [5, 5.41) is 20.0. The molecule has 106 valence electrons. The van der Waals surface area contributed by atoms with Gasteiger partial charge >= 0.3 is 5.97 Å². The van der Waals surface area contributed by atoms with Crippen LogP contribution in [0.15, 0.2) is 12.1 Å². The van der Waals surface area contributed by atoms with Crippen LogP contribution in [-0.2, 0) is 4.74 Å². The first-order chi connectivity index (χ1) is 8.88. The fourth-order valence-electron chi connectivity index (χ4n) is 1.65. The van der Waals surface area contributed by atoms with Gasteiger partial charge in [-0.15, -0.1) is 10.2 Å². The van der Waals surface area contributed by atoms with Crippen molar-refractivity contribution < 1.29 is 14.6 Å². The Morgan fingerprint density at radius 3 is 2.53 bits per heavy atom. The molecule has 1 unspecified atom stereocenters. The van der Waals surface area contributed by atoms with E-state index in [1.807, 2.05) is 0 Å². The molecule has 0 bridgehead atoms. The van der Waals surface area contributed by atoms with Crippen molar-refractivity contribution in [1.29, 1.82) is 0 Å². The van der Waals surface area contributed by atoms with Crippen LogP contribution >= 0.6 is 0 Å². The SMILES string of the molecule is COC(=O)c1ccc(NC(CCO)C(C)(C)C)nn1. The van der Waals surface area contributed by atoms with Crippen LogP contribution in [0.2, 0.25) is 0 Å². The smallest absolute Gasteiger partial charge is 0.358 e. The lowest BCUT2D eigenvalue weighted by atomic mass is 9.85. The van der Waals surface area contributed by atoms with E-state index in [0.717, 1.165) is 0 Å². The highest BCUT2D eigenvalue weighted by molar-refractivity contribution is 5.86. The van der Waals surface area contributed by atoms with Crippen LogP contribution in [-0.4, -0.2) is 41.0 Å². The maximum absolute atomic E-state index is 11.2. The van der Waals surface area contributed by atoms with Crippen LogP contribution in [0.1, 0.15) is 37.7 Å². The average molecular weight is 267 g/mol. The highest BCUT2D eigenvalue weighted by Crippen LogP contribution is 2.24. The van der Waals surface area contributed by atoms with Crippen molar-refractivity contribution >= 4 is 11.8 Å². The van der Waals surface area contributed by atoms with Crippen LogP contribution in [0.5, 0.6) is 0 Å². The molecule has 0 saturated carbocycles. The molecule has 19 heavy (non-hydrogen) atoms. The standard InChI is InChI=1S/C13H21N3O3/c1-13(2,3)10(7-8-17)14-11-6-5-9(15-16-11)12(18)19-4/h5-6,10,17H,7-8H2,1-4H3,(H,14,16). The maximum Gasteiger partial charge on any atom is 0.358 e. The normalized spacial score (nSPS) is 12.9. The lowest BCUT2D eigenvalue weighted by Gasteiger charge is -2.31. The molecule has 2 N–H and O–H groups in total. The number of methoxy groups -OCH3 is 1. The summed E-state index contributed by atoms with van der Waals surface area (Å²) in [6.07, 6.45) is 0.615. The zero-order chi connectivity index (χ0) is 14.5. The van der Waals surface area contributed by atoms with Crippen molar-refractivity contribution in [3.8, 4) is 0 Å². The molecule has 0 amide bonds.